The minimum Gasteiger partial charge on any atom is -0.480 e. The second-order valence-electron chi connectivity index (χ2n) is 5.96. The van der Waals surface area contributed by atoms with E-state index >= 15 is 0 Å². The number of thiophene rings is 1. The molecule has 7 nitrogen and oxygen atoms in total. The average Bonchev–Trinajstić information content (AvgIpc) is 3.11. The molecule has 1 heterocycles. The summed E-state index contributed by atoms with van der Waals surface area (Å²) in [4.78, 5) is 24.2. The van der Waals surface area contributed by atoms with Gasteiger partial charge in [0.1, 0.15) is 6.04 Å². The number of hydrogen-bond donors (Lipinski definition) is 3. The third-order valence-corrected chi connectivity index (χ3v) is 5.96. The molecule has 1 aromatic carbocycles. The second-order valence-corrected chi connectivity index (χ2v) is 8.76. The van der Waals surface area contributed by atoms with Crippen LogP contribution < -0.4 is 10.0 Å². The van der Waals surface area contributed by atoms with Crippen LogP contribution in [0.4, 0.5) is 0 Å². The summed E-state index contributed by atoms with van der Waals surface area (Å²) in [6, 6.07) is 7.99. The lowest BCUT2D eigenvalue weighted by molar-refractivity contribution is -0.140. The second kappa shape index (κ2) is 8.43. The van der Waals surface area contributed by atoms with Gasteiger partial charge in [-0.15, -0.1) is 11.3 Å². The average molecular weight is 396 g/mol. The molecule has 0 spiro atoms. The van der Waals surface area contributed by atoms with Gasteiger partial charge in [-0.25, -0.2) is 17.9 Å². The van der Waals surface area contributed by atoms with Gasteiger partial charge in [0.25, 0.3) is 5.91 Å². The van der Waals surface area contributed by atoms with Crippen molar-refractivity contribution < 1.29 is 23.1 Å². The molecule has 9 heteroatoms. The summed E-state index contributed by atoms with van der Waals surface area (Å²) in [5.74, 6) is -1.97. The Hall–Kier alpha value is -2.23. The van der Waals surface area contributed by atoms with E-state index in [4.69, 9.17) is 5.11 Å². The third-order valence-electron chi connectivity index (χ3n) is 3.66. The zero-order valence-corrected chi connectivity index (χ0v) is 15.9. The van der Waals surface area contributed by atoms with Crippen LogP contribution in [-0.2, 0) is 21.4 Å². The number of rotatable bonds is 8. The Morgan fingerprint density at radius 2 is 1.81 bits per heavy atom. The highest BCUT2D eigenvalue weighted by Crippen LogP contribution is 2.14. The van der Waals surface area contributed by atoms with E-state index in [1.807, 2.05) is 17.5 Å². The number of benzene rings is 1. The van der Waals surface area contributed by atoms with E-state index in [1.165, 1.54) is 35.6 Å². The zero-order valence-electron chi connectivity index (χ0n) is 14.3. The Morgan fingerprint density at radius 3 is 2.31 bits per heavy atom. The number of nitrogens with one attached hydrogen (secondary N) is 2. The molecule has 140 valence electrons. The van der Waals surface area contributed by atoms with Crippen molar-refractivity contribution in [1.82, 2.24) is 10.0 Å². The number of hydrogen-bond acceptors (Lipinski definition) is 5. The number of amides is 1. The predicted octanol–water partition coefficient (Wildman–Crippen LogP) is 2.07. The summed E-state index contributed by atoms with van der Waals surface area (Å²) < 4.78 is 27.1. The standard InChI is InChI=1S/C17H20N2O5S2/c1-11(2)15(17(21)22)19-16(20)12-5-7-14(8-6-12)26(23,24)18-10-13-4-3-9-25-13/h3-9,11,15,18H,10H2,1-2H3,(H,19,20)(H,21,22)/t15-/m0/s1. The summed E-state index contributed by atoms with van der Waals surface area (Å²) >= 11 is 1.45. The fourth-order valence-electron chi connectivity index (χ4n) is 2.19. The highest BCUT2D eigenvalue weighted by Gasteiger charge is 2.24. The maximum Gasteiger partial charge on any atom is 0.326 e. The molecule has 3 N–H and O–H groups in total. The van der Waals surface area contributed by atoms with E-state index in [0.29, 0.717) is 0 Å². The van der Waals surface area contributed by atoms with Gasteiger partial charge in [0, 0.05) is 17.0 Å². The topological polar surface area (TPSA) is 113 Å². The maximum atomic E-state index is 12.3. The van der Waals surface area contributed by atoms with Gasteiger partial charge in [0.15, 0.2) is 0 Å². The smallest absolute Gasteiger partial charge is 0.326 e. The molecule has 0 saturated carbocycles. The monoisotopic (exact) mass is 396 g/mol. The number of carboxylic acids is 1. The summed E-state index contributed by atoms with van der Waals surface area (Å²) in [6.45, 7) is 3.57. The van der Waals surface area contributed by atoms with Crippen molar-refractivity contribution in [1.29, 1.82) is 0 Å². The Balaban J connectivity index is 2.06. The van der Waals surface area contributed by atoms with E-state index in [1.54, 1.807) is 13.8 Å². The molecule has 1 atom stereocenters. The van der Waals surface area contributed by atoms with Crippen molar-refractivity contribution in [3.63, 3.8) is 0 Å². The fraction of sp³-hybridized carbons (Fsp3) is 0.294. The van der Waals surface area contributed by atoms with Crippen molar-refractivity contribution in [2.24, 2.45) is 5.92 Å². The summed E-state index contributed by atoms with van der Waals surface area (Å²) in [6.07, 6.45) is 0. The number of sulfonamides is 1. The fourth-order valence-corrected chi connectivity index (χ4v) is 3.93. The van der Waals surface area contributed by atoms with Gasteiger partial charge in [-0.2, -0.15) is 0 Å². The van der Waals surface area contributed by atoms with E-state index in [-0.39, 0.29) is 22.9 Å². The summed E-state index contributed by atoms with van der Waals surface area (Å²) in [5.41, 5.74) is 0.189. The van der Waals surface area contributed by atoms with Crippen molar-refractivity contribution >= 4 is 33.2 Å². The lowest BCUT2D eigenvalue weighted by Gasteiger charge is -2.18. The number of carbonyl (C=O) groups excluding carboxylic acids is 1. The summed E-state index contributed by atoms with van der Waals surface area (Å²) in [5, 5.41) is 13.4. The first kappa shape index (κ1) is 20.1. The van der Waals surface area contributed by atoms with Crippen LogP contribution in [0.1, 0.15) is 29.1 Å². The largest absolute Gasteiger partial charge is 0.480 e. The highest BCUT2D eigenvalue weighted by atomic mass is 32.2. The Labute approximate surface area is 156 Å². The van der Waals surface area contributed by atoms with E-state index in [9.17, 15) is 18.0 Å². The minimum atomic E-state index is -3.70. The lowest BCUT2D eigenvalue weighted by Crippen LogP contribution is -2.44. The van der Waals surface area contributed by atoms with Gasteiger partial charge in [-0.1, -0.05) is 19.9 Å². The first-order valence-electron chi connectivity index (χ1n) is 7.86. The molecule has 0 bridgehead atoms. The number of carbonyl (C=O) groups is 2. The van der Waals surface area contributed by atoms with Gasteiger partial charge in [0.05, 0.1) is 4.90 Å². The molecule has 2 aromatic rings. The quantitative estimate of drug-likeness (QED) is 0.632. The summed E-state index contributed by atoms with van der Waals surface area (Å²) in [7, 11) is -3.70. The Bertz CT molecular complexity index is 859. The molecule has 0 aliphatic rings. The van der Waals surface area contributed by atoms with E-state index in [2.05, 4.69) is 10.0 Å². The van der Waals surface area contributed by atoms with Gasteiger partial charge >= 0.3 is 5.97 Å². The highest BCUT2D eigenvalue weighted by molar-refractivity contribution is 7.89. The van der Waals surface area contributed by atoms with E-state index in [0.717, 1.165) is 4.88 Å². The molecule has 2 rings (SSSR count). The molecule has 1 aromatic heterocycles. The molecular weight excluding hydrogens is 376 g/mol. The zero-order chi connectivity index (χ0) is 19.3. The van der Waals surface area contributed by atoms with Gasteiger partial charge in [-0.05, 0) is 41.6 Å². The minimum absolute atomic E-state index is 0.0317. The molecule has 0 saturated heterocycles. The van der Waals surface area contributed by atoms with Crippen molar-refractivity contribution in [3.8, 4) is 0 Å². The molecule has 0 radical (unpaired) electrons. The van der Waals surface area contributed by atoms with Crippen LogP contribution in [0.2, 0.25) is 0 Å². The van der Waals surface area contributed by atoms with Crippen molar-refractivity contribution in [2.45, 2.75) is 31.3 Å². The maximum absolute atomic E-state index is 12.3. The van der Waals surface area contributed by atoms with Crippen LogP contribution in [0.5, 0.6) is 0 Å². The first-order chi connectivity index (χ1) is 12.2. The number of carboxylic acid groups (broad SMARTS) is 1. The van der Waals surface area contributed by atoms with Crippen LogP contribution in [0, 0.1) is 5.92 Å². The van der Waals surface area contributed by atoms with Crippen LogP contribution >= 0.6 is 11.3 Å². The lowest BCUT2D eigenvalue weighted by atomic mass is 10.0. The molecule has 0 fully saturated rings. The first-order valence-corrected chi connectivity index (χ1v) is 10.2. The molecule has 0 aliphatic heterocycles. The van der Waals surface area contributed by atoms with E-state index < -0.39 is 27.9 Å². The molecule has 1 amide bonds. The SMILES string of the molecule is CC(C)[C@H](NC(=O)c1ccc(S(=O)(=O)NCc2cccs2)cc1)C(=O)O. The third kappa shape index (κ3) is 5.13. The van der Waals surface area contributed by atoms with Crippen LogP contribution in [0.15, 0.2) is 46.7 Å². The van der Waals surface area contributed by atoms with Crippen LogP contribution in [0.3, 0.4) is 0 Å². The van der Waals surface area contributed by atoms with Crippen molar-refractivity contribution in [3.05, 3.63) is 52.2 Å². The molecular formula is C17H20N2O5S2. The van der Waals surface area contributed by atoms with Gasteiger partial charge in [0.2, 0.25) is 10.0 Å². The molecule has 0 aliphatic carbocycles. The predicted molar refractivity (Wildman–Crippen MR) is 98.5 cm³/mol. The molecule has 0 unspecified atom stereocenters. The van der Waals surface area contributed by atoms with Gasteiger partial charge < -0.3 is 10.4 Å². The number of aliphatic carboxylic acids is 1. The van der Waals surface area contributed by atoms with Crippen LogP contribution in [-0.4, -0.2) is 31.4 Å². The van der Waals surface area contributed by atoms with Crippen molar-refractivity contribution in [2.75, 3.05) is 0 Å². The Morgan fingerprint density at radius 1 is 1.15 bits per heavy atom. The van der Waals surface area contributed by atoms with Gasteiger partial charge in [-0.3, -0.25) is 4.79 Å². The normalized spacial score (nSPS) is 12.7. The Kier molecular flexibility index (Phi) is 6.52. The molecule has 26 heavy (non-hydrogen) atoms. The van der Waals surface area contributed by atoms with Crippen LogP contribution in [0.25, 0.3) is 0 Å².